The predicted octanol–water partition coefficient (Wildman–Crippen LogP) is 3.52. The fraction of sp³-hybridized carbons (Fsp3) is 0.333. The zero-order valence-electron chi connectivity index (χ0n) is 13.7. The molecule has 0 atom stereocenters. The number of carbonyl (C=O) groups is 1. The lowest BCUT2D eigenvalue weighted by molar-refractivity contribution is 0.0299. The minimum absolute atomic E-state index is 0.0530. The smallest absolute Gasteiger partial charge is 0.272 e. The largest absolute Gasteiger partial charge is 0.383 e. The van der Waals surface area contributed by atoms with E-state index in [-0.39, 0.29) is 5.91 Å². The first kappa shape index (κ1) is 18.0. The highest BCUT2D eigenvalue weighted by Gasteiger charge is 2.19. The number of aromatic nitrogens is 1. The molecule has 2 aromatic rings. The van der Waals surface area contributed by atoms with Crippen LogP contribution in [0.25, 0.3) is 0 Å². The summed E-state index contributed by atoms with van der Waals surface area (Å²) in [5.74, 6) is -0.0530. The van der Waals surface area contributed by atoms with E-state index in [1.165, 1.54) is 0 Å². The minimum Gasteiger partial charge on any atom is -0.383 e. The molecule has 7 heteroatoms. The molecule has 0 unspecified atom stereocenters. The van der Waals surface area contributed by atoms with Crippen LogP contribution in [0.3, 0.4) is 0 Å². The number of rotatable bonds is 5. The van der Waals surface area contributed by atoms with E-state index in [0.29, 0.717) is 48.6 Å². The molecule has 1 aliphatic rings. The summed E-state index contributed by atoms with van der Waals surface area (Å²) in [5, 5.41) is 4.58. The Labute approximate surface area is 156 Å². The number of pyridine rings is 1. The average Bonchev–Trinajstić information content (AvgIpc) is 2.64. The van der Waals surface area contributed by atoms with E-state index in [9.17, 15) is 4.79 Å². The van der Waals surface area contributed by atoms with Gasteiger partial charge in [0.2, 0.25) is 0 Å². The quantitative estimate of drug-likeness (QED) is 0.863. The van der Waals surface area contributed by atoms with E-state index in [0.717, 1.165) is 17.7 Å². The van der Waals surface area contributed by atoms with Crippen LogP contribution >= 0.6 is 23.2 Å². The SMILES string of the molecule is O=C(c1ccc(NCCc2ccc(Cl)cc2Cl)cn1)N1CCOCC1. The van der Waals surface area contributed by atoms with Gasteiger partial charge in [0.05, 0.1) is 25.1 Å². The Kier molecular flexibility index (Phi) is 6.13. The maximum atomic E-state index is 12.3. The molecule has 1 aliphatic heterocycles. The van der Waals surface area contributed by atoms with E-state index >= 15 is 0 Å². The molecule has 0 bridgehead atoms. The standard InChI is InChI=1S/C18H19Cl2N3O2/c19-14-2-1-13(16(20)11-14)5-6-21-15-3-4-17(22-12-15)18(24)23-7-9-25-10-8-23/h1-4,11-12,21H,5-10H2. The summed E-state index contributed by atoms with van der Waals surface area (Å²) in [7, 11) is 0. The van der Waals surface area contributed by atoms with Gasteiger partial charge in [0.1, 0.15) is 5.69 Å². The summed E-state index contributed by atoms with van der Waals surface area (Å²) in [4.78, 5) is 18.4. The van der Waals surface area contributed by atoms with Crippen molar-refractivity contribution in [1.82, 2.24) is 9.88 Å². The van der Waals surface area contributed by atoms with Crippen LogP contribution < -0.4 is 5.32 Å². The van der Waals surface area contributed by atoms with Gasteiger partial charge in [-0.25, -0.2) is 4.98 Å². The Morgan fingerprint density at radius 3 is 2.68 bits per heavy atom. The van der Waals surface area contributed by atoms with Crippen molar-refractivity contribution < 1.29 is 9.53 Å². The summed E-state index contributed by atoms with van der Waals surface area (Å²) in [6.45, 7) is 3.10. The number of hydrogen-bond acceptors (Lipinski definition) is 4. The molecule has 1 saturated heterocycles. The average molecular weight is 380 g/mol. The van der Waals surface area contributed by atoms with Crippen molar-refractivity contribution in [1.29, 1.82) is 0 Å². The number of benzene rings is 1. The molecule has 1 fully saturated rings. The topological polar surface area (TPSA) is 54.5 Å². The van der Waals surface area contributed by atoms with Gasteiger partial charge in [-0.2, -0.15) is 0 Å². The second-order valence-corrected chi connectivity index (χ2v) is 6.59. The van der Waals surface area contributed by atoms with Gasteiger partial charge in [0, 0.05) is 29.7 Å². The fourth-order valence-corrected chi connectivity index (χ4v) is 3.12. The molecule has 1 amide bonds. The second kappa shape index (κ2) is 8.52. The van der Waals surface area contributed by atoms with Gasteiger partial charge in [0.15, 0.2) is 0 Å². The zero-order valence-corrected chi connectivity index (χ0v) is 15.2. The number of anilines is 1. The molecule has 5 nitrogen and oxygen atoms in total. The van der Waals surface area contributed by atoms with E-state index in [1.807, 2.05) is 18.2 Å². The molecule has 1 N–H and O–H groups in total. The van der Waals surface area contributed by atoms with E-state index in [2.05, 4.69) is 10.3 Å². The van der Waals surface area contributed by atoms with Crippen LogP contribution in [0.4, 0.5) is 5.69 Å². The lowest BCUT2D eigenvalue weighted by Crippen LogP contribution is -2.41. The number of amides is 1. The van der Waals surface area contributed by atoms with Crippen LogP contribution in [-0.4, -0.2) is 48.6 Å². The third-order valence-corrected chi connectivity index (χ3v) is 4.61. The monoisotopic (exact) mass is 379 g/mol. The highest BCUT2D eigenvalue weighted by molar-refractivity contribution is 6.35. The maximum Gasteiger partial charge on any atom is 0.272 e. The third-order valence-electron chi connectivity index (χ3n) is 4.02. The molecule has 3 rings (SSSR count). The summed E-state index contributed by atoms with van der Waals surface area (Å²) < 4.78 is 5.26. The summed E-state index contributed by atoms with van der Waals surface area (Å²) >= 11 is 12.1. The van der Waals surface area contributed by atoms with Crippen LogP contribution in [0.15, 0.2) is 36.5 Å². The molecule has 0 aliphatic carbocycles. The minimum atomic E-state index is -0.0530. The van der Waals surface area contributed by atoms with Gasteiger partial charge < -0.3 is 15.0 Å². The van der Waals surface area contributed by atoms with E-state index < -0.39 is 0 Å². The third kappa shape index (κ3) is 4.84. The van der Waals surface area contributed by atoms with Gasteiger partial charge >= 0.3 is 0 Å². The van der Waals surface area contributed by atoms with Crippen LogP contribution in [0.1, 0.15) is 16.1 Å². The van der Waals surface area contributed by atoms with Gasteiger partial charge in [-0.05, 0) is 36.2 Å². The highest BCUT2D eigenvalue weighted by atomic mass is 35.5. The van der Waals surface area contributed by atoms with E-state index in [4.69, 9.17) is 27.9 Å². The van der Waals surface area contributed by atoms with Crippen molar-refractivity contribution >= 4 is 34.8 Å². The van der Waals surface area contributed by atoms with Crippen molar-refractivity contribution in [2.24, 2.45) is 0 Å². The molecule has 0 radical (unpaired) electrons. The van der Waals surface area contributed by atoms with Crippen LogP contribution in [0, 0.1) is 0 Å². The summed E-state index contributed by atoms with van der Waals surface area (Å²) in [6, 6.07) is 9.11. The number of hydrogen-bond donors (Lipinski definition) is 1. The molecule has 0 spiro atoms. The number of carbonyl (C=O) groups excluding carboxylic acids is 1. The maximum absolute atomic E-state index is 12.3. The van der Waals surface area contributed by atoms with Gasteiger partial charge in [-0.15, -0.1) is 0 Å². The number of halogens is 2. The Morgan fingerprint density at radius 1 is 1.20 bits per heavy atom. The number of nitrogens with one attached hydrogen (secondary N) is 1. The molecule has 0 saturated carbocycles. The van der Waals surface area contributed by atoms with Gasteiger partial charge in [-0.3, -0.25) is 4.79 Å². The lowest BCUT2D eigenvalue weighted by Gasteiger charge is -2.26. The molecule has 2 heterocycles. The Balaban J connectivity index is 1.53. The Hall–Kier alpha value is -1.82. The molecule has 1 aromatic carbocycles. The Bertz CT molecular complexity index is 732. The van der Waals surface area contributed by atoms with Crippen LogP contribution in [0.2, 0.25) is 10.0 Å². The number of morpholine rings is 1. The first-order chi connectivity index (χ1) is 12.1. The first-order valence-corrected chi connectivity index (χ1v) is 8.90. The van der Waals surface area contributed by atoms with Crippen LogP contribution in [0.5, 0.6) is 0 Å². The van der Waals surface area contributed by atoms with Gasteiger partial charge in [-0.1, -0.05) is 29.3 Å². The summed E-state index contributed by atoms with van der Waals surface area (Å²) in [5.41, 5.74) is 2.35. The first-order valence-electron chi connectivity index (χ1n) is 8.14. The second-order valence-electron chi connectivity index (χ2n) is 5.75. The van der Waals surface area contributed by atoms with Crippen molar-refractivity contribution in [3.63, 3.8) is 0 Å². The molecule has 1 aromatic heterocycles. The molecule has 25 heavy (non-hydrogen) atoms. The fourth-order valence-electron chi connectivity index (χ4n) is 2.62. The summed E-state index contributed by atoms with van der Waals surface area (Å²) in [6.07, 6.45) is 2.45. The van der Waals surface area contributed by atoms with Crippen molar-refractivity contribution in [2.75, 3.05) is 38.2 Å². The predicted molar refractivity (Wildman–Crippen MR) is 99.6 cm³/mol. The lowest BCUT2D eigenvalue weighted by atomic mass is 10.1. The van der Waals surface area contributed by atoms with E-state index in [1.54, 1.807) is 23.2 Å². The number of nitrogens with zero attached hydrogens (tertiary/aromatic N) is 2. The molecular weight excluding hydrogens is 361 g/mol. The zero-order chi connectivity index (χ0) is 17.6. The van der Waals surface area contributed by atoms with Crippen molar-refractivity contribution in [3.05, 3.63) is 57.8 Å². The molecular formula is C18H19Cl2N3O2. The van der Waals surface area contributed by atoms with Crippen molar-refractivity contribution in [2.45, 2.75) is 6.42 Å². The molecule has 132 valence electrons. The van der Waals surface area contributed by atoms with Crippen LogP contribution in [-0.2, 0) is 11.2 Å². The van der Waals surface area contributed by atoms with Gasteiger partial charge in [0.25, 0.3) is 5.91 Å². The highest BCUT2D eigenvalue weighted by Crippen LogP contribution is 2.21. The van der Waals surface area contributed by atoms with Crippen molar-refractivity contribution in [3.8, 4) is 0 Å². The number of ether oxygens (including phenoxy) is 1. The Morgan fingerprint density at radius 2 is 2.00 bits per heavy atom. The normalized spacial score (nSPS) is 14.4.